The van der Waals surface area contributed by atoms with Crippen molar-refractivity contribution in [2.24, 2.45) is 0 Å². The molecule has 0 unspecified atom stereocenters. The number of benzene rings is 1. The van der Waals surface area contributed by atoms with Gasteiger partial charge in [-0.15, -0.1) is 0 Å². The fourth-order valence-electron chi connectivity index (χ4n) is 0.636. The topological polar surface area (TPSA) is 52.4 Å². The Balaban J connectivity index is 2.91. The van der Waals surface area contributed by atoms with Gasteiger partial charge in [0.1, 0.15) is 0 Å². The van der Waals surface area contributed by atoms with Crippen LogP contribution in [0.5, 0.6) is 5.75 Å². The van der Waals surface area contributed by atoms with Crippen LogP contribution in [0.15, 0.2) is 24.3 Å². The van der Waals surface area contributed by atoms with E-state index in [2.05, 4.69) is 0 Å². The zero-order valence-corrected chi connectivity index (χ0v) is 7.94. The summed E-state index contributed by atoms with van der Waals surface area (Å²) >= 11 is 0.923. The third-order valence-corrected chi connectivity index (χ3v) is 1.74. The van der Waals surface area contributed by atoms with Gasteiger partial charge in [0.2, 0.25) is 0 Å². The van der Waals surface area contributed by atoms with Crippen LogP contribution in [0.4, 0.5) is 5.69 Å². The normalized spacial score (nSPS) is 9.00. The Bertz CT molecular complexity index is 259. The van der Waals surface area contributed by atoms with Crippen molar-refractivity contribution in [1.29, 1.82) is 0 Å². The van der Waals surface area contributed by atoms with Crippen molar-refractivity contribution in [3.8, 4) is 5.75 Å². The second kappa shape index (κ2) is 3.62. The first-order chi connectivity index (χ1) is 5.24. The molecule has 0 fully saturated rings. The SMILES string of the molecule is O=[N+]([O-])c1ccc([O][Zr])cc1. The first-order valence-electron chi connectivity index (χ1n) is 2.82. The Kier molecular flexibility index (Phi) is 2.77. The second-order valence-electron chi connectivity index (χ2n) is 1.85. The van der Waals surface area contributed by atoms with Crippen LogP contribution in [-0.2, 0) is 25.2 Å². The monoisotopic (exact) mass is 228 g/mol. The van der Waals surface area contributed by atoms with Gasteiger partial charge in [0.05, 0.1) is 0 Å². The average Bonchev–Trinajstić information content (AvgIpc) is 2.05. The van der Waals surface area contributed by atoms with E-state index in [0.717, 1.165) is 25.2 Å². The number of nitrogens with zero attached hydrogens (tertiary/aromatic N) is 1. The molecule has 55 valence electrons. The maximum atomic E-state index is 10.2. The van der Waals surface area contributed by atoms with Crippen molar-refractivity contribution in [1.82, 2.24) is 0 Å². The van der Waals surface area contributed by atoms with Gasteiger partial charge in [0.15, 0.2) is 0 Å². The molecule has 0 aromatic heterocycles. The Hall–Kier alpha value is -0.697. The number of rotatable bonds is 2. The van der Waals surface area contributed by atoms with Crippen molar-refractivity contribution in [2.45, 2.75) is 0 Å². The zero-order valence-electron chi connectivity index (χ0n) is 5.48. The molecule has 0 bridgehead atoms. The summed E-state index contributed by atoms with van der Waals surface area (Å²) in [5.41, 5.74) is 0.0848. The van der Waals surface area contributed by atoms with E-state index >= 15 is 0 Å². The molecule has 0 radical (unpaired) electrons. The molecular formula is C6H4NO3Zr. The molecule has 5 heteroatoms. The Morgan fingerprint density at radius 2 is 1.91 bits per heavy atom. The van der Waals surface area contributed by atoms with Gasteiger partial charge in [-0.1, -0.05) is 0 Å². The first kappa shape index (κ1) is 8.40. The van der Waals surface area contributed by atoms with Crippen molar-refractivity contribution in [2.75, 3.05) is 0 Å². The molecule has 0 aliphatic heterocycles. The van der Waals surface area contributed by atoms with E-state index in [1.54, 1.807) is 12.1 Å². The molecule has 0 aliphatic carbocycles. The molecule has 1 aromatic carbocycles. The minimum atomic E-state index is -0.438. The summed E-state index contributed by atoms with van der Waals surface area (Å²) in [5, 5.41) is 10.2. The third-order valence-electron chi connectivity index (χ3n) is 1.17. The molecule has 1 rings (SSSR count). The van der Waals surface area contributed by atoms with Gasteiger partial charge in [-0.25, -0.2) is 0 Å². The van der Waals surface area contributed by atoms with Crippen LogP contribution >= 0.6 is 0 Å². The number of nitro benzene ring substituents is 1. The Morgan fingerprint density at radius 3 is 2.27 bits per heavy atom. The second-order valence-corrected chi connectivity index (χ2v) is 2.35. The molecule has 0 N–H and O–H groups in total. The molecule has 0 spiro atoms. The summed E-state index contributed by atoms with van der Waals surface area (Å²) in [4.78, 5) is 9.73. The predicted octanol–water partition coefficient (Wildman–Crippen LogP) is 1.44. The molecule has 0 saturated heterocycles. The van der Waals surface area contributed by atoms with Crippen LogP contribution < -0.4 is 2.81 Å². The van der Waals surface area contributed by atoms with E-state index in [1.807, 2.05) is 0 Å². The Labute approximate surface area is 78.8 Å². The van der Waals surface area contributed by atoms with Gasteiger partial charge in [0, 0.05) is 0 Å². The van der Waals surface area contributed by atoms with Gasteiger partial charge >= 0.3 is 78.7 Å². The summed E-state index contributed by atoms with van der Waals surface area (Å²) in [6.07, 6.45) is 0. The molecule has 0 heterocycles. The predicted molar refractivity (Wildman–Crippen MR) is 33.7 cm³/mol. The van der Waals surface area contributed by atoms with Crippen LogP contribution in [0.2, 0.25) is 0 Å². The number of nitro groups is 1. The van der Waals surface area contributed by atoms with Crippen LogP contribution in [0.25, 0.3) is 0 Å². The molecule has 0 atom stereocenters. The van der Waals surface area contributed by atoms with E-state index in [4.69, 9.17) is 2.81 Å². The molecule has 4 nitrogen and oxygen atoms in total. The summed E-state index contributed by atoms with van der Waals surface area (Å²) in [6, 6.07) is 5.98. The van der Waals surface area contributed by atoms with E-state index in [-0.39, 0.29) is 5.69 Å². The van der Waals surface area contributed by atoms with E-state index in [9.17, 15) is 10.1 Å². The van der Waals surface area contributed by atoms with Crippen molar-refractivity contribution in [3.05, 3.63) is 34.4 Å². The number of non-ortho nitro benzene ring substituents is 1. The summed E-state index contributed by atoms with van der Waals surface area (Å²) in [7, 11) is 0. The molecule has 0 aliphatic rings. The van der Waals surface area contributed by atoms with Gasteiger partial charge < -0.3 is 0 Å². The average molecular weight is 229 g/mol. The van der Waals surface area contributed by atoms with Crippen molar-refractivity contribution < 1.29 is 32.9 Å². The van der Waals surface area contributed by atoms with Crippen LogP contribution in [0.1, 0.15) is 0 Å². The van der Waals surface area contributed by atoms with Gasteiger partial charge in [-0.3, -0.25) is 0 Å². The van der Waals surface area contributed by atoms with Gasteiger partial charge in [-0.05, 0) is 0 Å². The van der Waals surface area contributed by atoms with Crippen LogP contribution in [-0.4, -0.2) is 4.92 Å². The molecule has 0 amide bonds. The fraction of sp³-hybridized carbons (Fsp3) is 0. The van der Waals surface area contributed by atoms with E-state index < -0.39 is 4.92 Å². The number of hydrogen-bond donors (Lipinski definition) is 0. The van der Waals surface area contributed by atoms with Crippen molar-refractivity contribution in [3.63, 3.8) is 0 Å². The summed E-state index contributed by atoms with van der Waals surface area (Å²) in [5.74, 6) is 0.661. The fourth-order valence-corrected chi connectivity index (χ4v) is 0.970. The van der Waals surface area contributed by atoms with Crippen molar-refractivity contribution >= 4 is 5.69 Å². The quantitative estimate of drug-likeness (QED) is 0.569. The molecule has 11 heavy (non-hydrogen) atoms. The van der Waals surface area contributed by atoms with E-state index in [0.29, 0.717) is 5.75 Å². The first-order valence-corrected chi connectivity index (χ1v) is 3.82. The van der Waals surface area contributed by atoms with Gasteiger partial charge in [0.25, 0.3) is 0 Å². The standard InChI is InChI=1S/C6H5NO3.Zr/c8-6-3-1-5(2-4-6)7(9)10;/h1-4,8H;/q;+1/p-1. The maximum absolute atomic E-state index is 10.2. The zero-order chi connectivity index (χ0) is 8.27. The molecule has 0 saturated carbocycles. The molecular weight excluding hydrogens is 225 g/mol. The minimum absolute atomic E-state index is 0.0848. The van der Waals surface area contributed by atoms with Crippen LogP contribution in [0, 0.1) is 10.1 Å². The molecule has 1 aromatic rings. The summed E-state index contributed by atoms with van der Waals surface area (Å²) in [6.45, 7) is 0. The Morgan fingerprint density at radius 1 is 1.36 bits per heavy atom. The third kappa shape index (κ3) is 2.12. The van der Waals surface area contributed by atoms with Crippen LogP contribution in [0.3, 0.4) is 0 Å². The van der Waals surface area contributed by atoms with Gasteiger partial charge in [-0.2, -0.15) is 0 Å². The summed E-state index contributed by atoms with van der Waals surface area (Å²) < 4.78 is 4.92. The number of hydrogen-bond acceptors (Lipinski definition) is 3. The van der Waals surface area contributed by atoms with E-state index in [1.165, 1.54) is 12.1 Å².